The number of ether oxygens (including phenoxy) is 1. The van der Waals surface area contributed by atoms with Crippen LogP contribution in [0.25, 0.3) is 0 Å². The summed E-state index contributed by atoms with van der Waals surface area (Å²) in [5.74, 6) is 0.0362. The Hall–Kier alpha value is -2.89. The predicted molar refractivity (Wildman–Crippen MR) is 108 cm³/mol. The summed E-state index contributed by atoms with van der Waals surface area (Å²) in [5.41, 5.74) is 1.78. The highest BCUT2D eigenvalue weighted by Gasteiger charge is 2.49. The summed E-state index contributed by atoms with van der Waals surface area (Å²) < 4.78 is 5.74. The van der Waals surface area contributed by atoms with Gasteiger partial charge in [-0.3, -0.25) is 14.6 Å². The van der Waals surface area contributed by atoms with Crippen LogP contribution in [-0.4, -0.2) is 41.4 Å². The van der Waals surface area contributed by atoms with Crippen molar-refractivity contribution in [1.29, 1.82) is 0 Å². The van der Waals surface area contributed by atoms with Crippen LogP contribution in [0.3, 0.4) is 0 Å². The van der Waals surface area contributed by atoms with E-state index in [9.17, 15) is 9.59 Å². The van der Waals surface area contributed by atoms with Gasteiger partial charge in [-0.1, -0.05) is 12.1 Å². The number of rotatable bonds is 8. The summed E-state index contributed by atoms with van der Waals surface area (Å²) in [6.07, 6.45) is 4.88. The smallest absolute Gasteiger partial charge is 0.228 e. The van der Waals surface area contributed by atoms with Crippen molar-refractivity contribution in [2.75, 3.05) is 18.9 Å². The van der Waals surface area contributed by atoms with E-state index in [1.54, 1.807) is 24.3 Å². The number of carbonyl (C=O) groups is 2. The number of hydrogen-bond donors (Lipinski definition) is 1. The normalized spacial score (nSPS) is 17.9. The number of pyridine rings is 1. The molecule has 148 valence electrons. The number of carbonyl (C=O) groups excluding carboxylic acids is 2. The van der Waals surface area contributed by atoms with E-state index in [-0.39, 0.29) is 29.8 Å². The van der Waals surface area contributed by atoms with Crippen LogP contribution in [0.1, 0.15) is 25.8 Å². The lowest BCUT2D eigenvalue weighted by atomic mass is 10.2. The fraction of sp³-hybridized carbons (Fsp3) is 0.409. The topological polar surface area (TPSA) is 71.5 Å². The molecule has 1 N–H and O–H groups in total. The molecule has 0 aliphatic heterocycles. The molecule has 2 unspecified atom stereocenters. The number of aromatic nitrogens is 1. The van der Waals surface area contributed by atoms with E-state index in [2.05, 4.69) is 10.3 Å². The van der Waals surface area contributed by atoms with Gasteiger partial charge >= 0.3 is 0 Å². The van der Waals surface area contributed by atoms with E-state index >= 15 is 0 Å². The molecule has 2 aromatic rings. The molecule has 0 radical (unpaired) electrons. The fourth-order valence-electron chi connectivity index (χ4n) is 3.15. The first-order chi connectivity index (χ1) is 13.5. The molecular formula is C22H27N3O3. The van der Waals surface area contributed by atoms with Crippen LogP contribution in [0.4, 0.5) is 5.69 Å². The molecule has 6 heteroatoms. The van der Waals surface area contributed by atoms with Crippen molar-refractivity contribution in [2.45, 2.75) is 32.8 Å². The molecular weight excluding hydrogens is 354 g/mol. The molecule has 2 atom stereocenters. The molecule has 3 rings (SSSR count). The average Bonchev–Trinajstić information content (AvgIpc) is 3.48. The molecule has 1 saturated carbocycles. The number of likely N-dealkylation sites (N-methyl/N-ethyl adjacent to an activating group) is 1. The van der Waals surface area contributed by atoms with Gasteiger partial charge in [0.15, 0.2) is 0 Å². The SMILES string of the molecule is CC(C)Oc1ccccc1NC(=O)C1CC1C(=O)N(C)CCc1ccncc1. The number of nitrogens with one attached hydrogen (secondary N) is 1. The molecule has 1 aromatic carbocycles. The zero-order chi connectivity index (χ0) is 20.1. The van der Waals surface area contributed by atoms with Gasteiger partial charge in [-0.05, 0) is 56.5 Å². The number of para-hydroxylation sites is 2. The number of hydrogen-bond acceptors (Lipinski definition) is 4. The minimum absolute atomic E-state index is 0.0161. The molecule has 28 heavy (non-hydrogen) atoms. The first kappa shape index (κ1) is 19.9. The fourth-order valence-corrected chi connectivity index (χ4v) is 3.15. The Labute approximate surface area is 165 Å². The number of benzene rings is 1. The first-order valence-corrected chi connectivity index (χ1v) is 9.66. The largest absolute Gasteiger partial charge is 0.489 e. The van der Waals surface area contributed by atoms with Crippen molar-refractivity contribution in [1.82, 2.24) is 9.88 Å². The third-order valence-corrected chi connectivity index (χ3v) is 4.81. The van der Waals surface area contributed by atoms with E-state index < -0.39 is 0 Å². The summed E-state index contributed by atoms with van der Waals surface area (Å²) in [6, 6.07) is 11.3. The Kier molecular flexibility index (Phi) is 6.29. The maximum absolute atomic E-state index is 12.6. The van der Waals surface area contributed by atoms with Crippen molar-refractivity contribution < 1.29 is 14.3 Å². The van der Waals surface area contributed by atoms with Crippen molar-refractivity contribution in [2.24, 2.45) is 11.8 Å². The minimum Gasteiger partial charge on any atom is -0.489 e. The van der Waals surface area contributed by atoms with E-state index in [0.29, 0.717) is 24.4 Å². The lowest BCUT2D eigenvalue weighted by Crippen LogP contribution is -2.31. The van der Waals surface area contributed by atoms with Crippen molar-refractivity contribution >= 4 is 17.5 Å². The maximum atomic E-state index is 12.6. The van der Waals surface area contributed by atoms with Crippen LogP contribution >= 0.6 is 0 Å². The quantitative estimate of drug-likeness (QED) is 0.763. The minimum atomic E-state index is -0.275. The molecule has 1 fully saturated rings. The van der Waals surface area contributed by atoms with Gasteiger partial charge in [0.1, 0.15) is 5.75 Å². The highest BCUT2D eigenvalue weighted by Crippen LogP contribution is 2.41. The molecule has 1 aromatic heterocycles. The van der Waals surface area contributed by atoms with Gasteiger partial charge in [-0.25, -0.2) is 0 Å². The van der Waals surface area contributed by atoms with E-state index in [4.69, 9.17) is 4.74 Å². The van der Waals surface area contributed by atoms with Gasteiger partial charge in [-0.15, -0.1) is 0 Å². The maximum Gasteiger partial charge on any atom is 0.228 e. The Balaban J connectivity index is 1.52. The summed E-state index contributed by atoms with van der Waals surface area (Å²) in [5, 5.41) is 2.92. The Morgan fingerprint density at radius 3 is 2.61 bits per heavy atom. The van der Waals surface area contributed by atoms with Gasteiger partial charge in [-0.2, -0.15) is 0 Å². The molecule has 0 spiro atoms. The van der Waals surface area contributed by atoms with Gasteiger partial charge < -0.3 is 15.0 Å². The molecule has 0 bridgehead atoms. The van der Waals surface area contributed by atoms with Crippen LogP contribution in [0.15, 0.2) is 48.8 Å². The summed E-state index contributed by atoms with van der Waals surface area (Å²) in [7, 11) is 1.79. The van der Waals surface area contributed by atoms with Crippen molar-refractivity contribution in [3.8, 4) is 5.75 Å². The van der Waals surface area contributed by atoms with Crippen LogP contribution in [0, 0.1) is 11.8 Å². The summed E-state index contributed by atoms with van der Waals surface area (Å²) in [6.45, 7) is 4.50. The van der Waals surface area contributed by atoms with Gasteiger partial charge in [0.2, 0.25) is 11.8 Å². The standard InChI is InChI=1S/C22H27N3O3/c1-15(2)28-20-7-5-4-6-19(20)24-21(26)17-14-18(17)22(27)25(3)13-10-16-8-11-23-12-9-16/h4-9,11-12,15,17-18H,10,13-14H2,1-3H3,(H,24,26). The van der Waals surface area contributed by atoms with Crippen LogP contribution in [0.2, 0.25) is 0 Å². The van der Waals surface area contributed by atoms with Crippen LogP contribution in [0.5, 0.6) is 5.75 Å². The van der Waals surface area contributed by atoms with Gasteiger partial charge in [0, 0.05) is 26.0 Å². The number of anilines is 1. The second kappa shape index (κ2) is 8.87. The molecule has 0 saturated heterocycles. The van der Waals surface area contributed by atoms with Crippen molar-refractivity contribution in [3.05, 3.63) is 54.4 Å². The average molecular weight is 381 g/mol. The predicted octanol–water partition coefficient (Wildman–Crippen LogP) is 3.14. The third-order valence-electron chi connectivity index (χ3n) is 4.81. The van der Waals surface area contributed by atoms with E-state index in [1.165, 1.54) is 0 Å². The zero-order valence-corrected chi connectivity index (χ0v) is 16.6. The molecule has 1 aliphatic rings. The summed E-state index contributed by atoms with van der Waals surface area (Å²) in [4.78, 5) is 30.9. The van der Waals surface area contributed by atoms with E-state index in [0.717, 1.165) is 12.0 Å². The van der Waals surface area contributed by atoms with Gasteiger partial charge in [0.05, 0.1) is 23.6 Å². The second-order valence-corrected chi connectivity index (χ2v) is 7.47. The summed E-state index contributed by atoms with van der Waals surface area (Å²) >= 11 is 0. The third kappa shape index (κ3) is 5.09. The second-order valence-electron chi connectivity index (χ2n) is 7.47. The Morgan fingerprint density at radius 1 is 1.18 bits per heavy atom. The lowest BCUT2D eigenvalue weighted by Gasteiger charge is -2.17. The molecule has 6 nitrogen and oxygen atoms in total. The monoisotopic (exact) mass is 381 g/mol. The number of nitrogens with zero attached hydrogens (tertiary/aromatic N) is 2. The lowest BCUT2D eigenvalue weighted by molar-refractivity contribution is -0.132. The Bertz CT molecular complexity index is 823. The van der Waals surface area contributed by atoms with E-state index in [1.807, 2.05) is 50.2 Å². The molecule has 1 heterocycles. The molecule has 2 amide bonds. The molecule has 1 aliphatic carbocycles. The van der Waals surface area contributed by atoms with Crippen LogP contribution < -0.4 is 10.1 Å². The zero-order valence-electron chi connectivity index (χ0n) is 16.6. The number of amides is 2. The first-order valence-electron chi connectivity index (χ1n) is 9.66. The Morgan fingerprint density at radius 2 is 1.89 bits per heavy atom. The van der Waals surface area contributed by atoms with Gasteiger partial charge in [0.25, 0.3) is 0 Å². The van der Waals surface area contributed by atoms with Crippen molar-refractivity contribution in [3.63, 3.8) is 0 Å². The highest BCUT2D eigenvalue weighted by atomic mass is 16.5. The highest BCUT2D eigenvalue weighted by molar-refractivity contribution is 6.00. The van der Waals surface area contributed by atoms with Crippen LogP contribution in [-0.2, 0) is 16.0 Å².